The van der Waals surface area contributed by atoms with Gasteiger partial charge in [-0.2, -0.15) is 0 Å². The number of benzene rings is 1. The fourth-order valence-electron chi connectivity index (χ4n) is 3.52. The van der Waals surface area contributed by atoms with E-state index in [4.69, 9.17) is 4.84 Å². The Labute approximate surface area is 160 Å². The average Bonchev–Trinajstić information content (AvgIpc) is 3.09. The van der Waals surface area contributed by atoms with Crippen LogP contribution in [0, 0.1) is 12.8 Å². The number of piperidine rings is 1. The largest absolute Gasteiger partial charge is 0.481 e. The number of carboxylic acids is 1. The zero-order valence-corrected chi connectivity index (χ0v) is 16.0. The minimum atomic E-state index is -0.704. The van der Waals surface area contributed by atoms with E-state index in [2.05, 4.69) is 23.0 Å². The Kier molecular flexibility index (Phi) is 6.29. The van der Waals surface area contributed by atoms with Crippen molar-refractivity contribution >= 4 is 11.7 Å². The molecule has 2 aromatic rings. The Balaban J connectivity index is 1.67. The SMILES string of the molecule is Cc1ccccc1/C(=N/OCCN1CCC[C@@H](C(=O)O)C1)c1cccn1C. The fourth-order valence-corrected chi connectivity index (χ4v) is 3.52. The van der Waals surface area contributed by atoms with Crippen LogP contribution in [0.3, 0.4) is 0 Å². The molecule has 2 heterocycles. The van der Waals surface area contributed by atoms with Gasteiger partial charge in [-0.05, 0) is 44.0 Å². The van der Waals surface area contributed by atoms with Crippen LogP contribution in [0.2, 0.25) is 0 Å². The van der Waals surface area contributed by atoms with Gasteiger partial charge in [0.15, 0.2) is 0 Å². The van der Waals surface area contributed by atoms with Gasteiger partial charge in [0, 0.05) is 31.9 Å². The van der Waals surface area contributed by atoms with Gasteiger partial charge in [0.1, 0.15) is 12.3 Å². The van der Waals surface area contributed by atoms with Crippen LogP contribution in [0.1, 0.15) is 29.7 Å². The van der Waals surface area contributed by atoms with Gasteiger partial charge >= 0.3 is 5.97 Å². The Bertz CT molecular complexity index is 813. The van der Waals surface area contributed by atoms with Crippen molar-refractivity contribution in [1.82, 2.24) is 9.47 Å². The van der Waals surface area contributed by atoms with E-state index in [1.54, 1.807) is 0 Å². The molecule has 1 fully saturated rings. The first-order valence-corrected chi connectivity index (χ1v) is 9.39. The Hall–Kier alpha value is -2.60. The zero-order valence-electron chi connectivity index (χ0n) is 16.0. The lowest BCUT2D eigenvalue weighted by Gasteiger charge is -2.29. The molecule has 1 aromatic heterocycles. The Morgan fingerprint density at radius 2 is 2.11 bits per heavy atom. The molecule has 1 saturated heterocycles. The molecule has 1 aliphatic rings. The molecule has 0 spiro atoms. The fraction of sp³-hybridized carbons (Fsp3) is 0.429. The highest BCUT2D eigenvalue weighted by Gasteiger charge is 2.25. The maximum Gasteiger partial charge on any atom is 0.307 e. The molecule has 0 bridgehead atoms. The van der Waals surface area contributed by atoms with Gasteiger partial charge in [0.25, 0.3) is 0 Å². The second-order valence-corrected chi connectivity index (χ2v) is 7.07. The third-order valence-electron chi connectivity index (χ3n) is 5.10. The molecule has 0 saturated carbocycles. The molecule has 27 heavy (non-hydrogen) atoms. The lowest BCUT2D eigenvalue weighted by Crippen LogP contribution is -2.40. The van der Waals surface area contributed by atoms with E-state index in [9.17, 15) is 9.90 Å². The number of likely N-dealkylation sites (tertiary alicyclic amines) is 1. The van der Waals surface area contributed by atoms with Crippen LogP contribution >= 0.6 is 0 Å². The predicted molar refractivity (Wildman–Crippen MR) is 105 cm³/mol. The Morgan fingerprint density at radius 1 is 1.30 bits per heavy atom. The van der Waals surface area contributed by atoms with Crippen LogP contribution in [-0.4, -0.2) is 52.5 Å². The molecule has 6 nitrogen and oxygen atoms in total. The van der Waals surface area contributed by atoms with Crippen molar-refractivity contribution in [1.29, 1.82) is 0 Å². The first-order chi connectivity index (χ1) is 13.1. The van der Waals surface area contributed by atoms with E-state index in [0.29, 0.717) is 19.7 Å². The summed E-state index contributed by atoms with van der Waals surface area (Å²) >= 11 is 0. The smallest absolute Gasteiger partial charge is 0.307 e. The number of nitrogens with zero attached hydrogens (tertiary/aromatic N) is 3. The quantitative estimate of drug-likeness (QED) is 0.463. The van der Waals surface area contributed by atoms with Crippen molar-refractivity contribution in [3.8, 4) is 0 Å². The molecule has 144 valence electrons. The summed E-state index contributed by atoms with van der Waals surface area (Å²) in [7, 11) is 1.99. The molecule has 1 N–H and O–H groups in total. The number of aromatic nitrogens is 1. The number of oxime groups is 1. The number of hydrogen-bond acceptors (Lipinski definition) is 4. The molecular formula is C21H27N3O3. The molecule has 1 aliphatic heterocycles. The number of rotatable bonds is 7. The van der Waals surface area contributed by atoms with Crippen molar-refractivity contribution < 1.29 is 14.7 Å². The highest BCUT2D eigenvalue weighted by molar-refractivity contribution is 6.12. The van der Waals surface area contributed by atoms with Crippen LogP contribution in [0.5, 0.6) is 0 Å². The average molecular weight is 369 g/mol. The molecular weight excluding hydrogens is 342 g/mol. The third kappa shape index (κ3) is 4.77. The summed E-state index contributed by atoms with van der Waals surface area (Å²) in [6.07, 6.45) is 3.66. The van der Waals surface area contributed by atoms with Crippen LogP contribution in [0.4, 0.5) is 0 Å². The van der Waals surface area contributed by atoms with Gasteiger partial charge < -0.3 is 14.5 Å². The highest BCUT2D eigenvalue weighted by Crippen LogP contribution is 2.17. The molecule has 0 unspecified atom stereocenters. The van der Waals surface area contributed by atoms with E-state index in [1.807, 2.05) is 48.1 Å². The van der Waals surface area contributed by atoms with Crippen LogP contribution in [0.25, 0.3) is 0 Å². The lowest BCUT2D eigenvalue weighted by atomic mass is 9.98. The molecule has 1 aromatic carbocycles. The van der Waals surface area contributed by atoms with Crippen LogP contribution < -0.4 is 0 Å². The summed E-state index contributed by atoms with van der Waals surface area (Å²) in [5.74, 6) is -0.975. The lowest BCUT2D eigenvalue weighted by molar-refractivity contribution is -0.143. The topological polar surface area (TPSA) is 67.1 Å². The summed E-state index contributed by atoms with van der Waals surface area (Å²) in [4.78, 5) is 19.0. The number of carbonyl (C=O) groups is 1. The van der Waals surface area contributed by atoms with E-state index in [0.717, 1.165) is 41.9 Å². The minimum absolute atomic E-state index is 0.270. The van der Waals surface area contributed by atoms with Crippen molar-refractivity contribution in [3.05, 3.63) is 59.4 Å². The molecule has 3 rings (SSSR count). The summed E-state index contributed by atoms with van der Waals surface area (Å²) in [5.41, 5.74) is 3.99. The number of carboxylic acid groups (broad SMARTS) is 1. The van der Waals surface area contributed by atoms with E-state index in [1.165, 1.54) is 0 Å². The summed E-state index contributed by atoms with van der Waals surface area (Å²) in [6, 6.07) is 12.1. The van der Waals surface area contributed by atoms with Gasteiger partial charge in [-0.3, -0.25) is 9.69 Å². The Morgan fingerprint density at radius 3 is 2.81 bits per heavy atom. The molecule has 0 aliphatic carbocycles. The molecule has 0 amide bonds. The number of hydrogen-bond donors (Lipinski definition) is 1. The minimum Gasteiger partial charge on any atom is -0.481 e. The maximum absolute atomic E-state index is 11.2. The van der Waals surface area contributed by atoms with Crippen molar-refractivity contribution in [2.45, 2.75) is 19.8 Å². The zero-order chi connectivity index (χ0) is 19.2. The van der Waals surface area contributed by atoms with Gasteiger partial charge in [-0.25, -0.2) is 0 Å². The third-order valence-corrected chi connectivity index (χ3v) is 5.10. The van der Waals surface area contributed by atoms with Gasteiger partial charge in [-0.15, -0.1) is 0 Å². The number of aryl methyl sites for hydroxylation is 2. The molecule has 0 radical (unpaired) electrons. The van der Waals surface area contributed by atoms with E-state index in [-0.39, 0.29) is 5.92 Å². The standard InChI is InChI=1S/C21H27N3O3/c1-16-7-3-4-9-18(16)20(19-10-6-11-23(19)2)22-27-14-13-24-12-5-8-17(15-24)21(25)26/h3-4,6-7,9-11,17H,5,8,12-15H2,1-2H3,(H,25,26)/b22-20-/t17-/m1/s1. The normalized spacial score (nSPS) is 18.4. The van der Waals surface area contributed by atoms with Gasteiger partial charge in [-0.1, -0.05) is 29.4 Å². The number of aliphatic carboxylic acids is 1. The van der Waals surface area contributed by atoms with Crippen molar-refractivity contribution in [3.63, 3.8) is 0 Å². The van der Waals surface area contributed by atoms with Crippen LogP contribution in [-0.2, 0) is 16.7 Å². The maximum atomic E-state index is 11.2. The van der Waals surface area contributed by atoms with E-state index < -0.39 is 5.97 Å². The van der Waals surface area contributed by atoms with Crippen molar-refractivity contribution in [2.75, 3.05) is 26.2 Å². The first-order valence-electron chi connectivity index (χ1n) is 9.39. The van der Waals surface area contributed by atoms with Gasteiger partial charge in [0.2, 0.25) is 0 Å². The second-order valence-electron chi connectivity index (χ2n) is 7.07. The van der Waals surface area contributed by atoms with Crippen molar-refractivity contribution in [2.24, 2.45) is 18.1 Å². The van der Waals surface area contributed by atoms with Crippen LogP contribution in [0.15, 0.2) is 47.8 Å². The van der Waals surface area contributed by atoms with Gasteiger partial charge in [0.05, 0.1) is 11.6 Å². The highest BCUT2D eigenvalue weighted by atomic mass is 16.6. The summed E-state index contributed by atoms with van der Waals surface area (Å²) < 4.78 is 2.02. The summed E-state index contributed by atoms with van der Waals surface area (Å²) in [5, 5.41) is 13.7. The summed E-state index contributed by atoms with van der Waals surface area (Å²) in [6.45, 7) is 4.69. The first kappa shape index (κ1) is 19.2. The van der Waals surface area contributed by atoms with E-state index >= 15 is 0 Å². The molecule has 1 atom stereocenters. The monoisotopic (exact) mass is 369 g/mol. The predicted octanol–water partition coefficient (Wildman–Crippen LogP) is 2.90. The molecule has 6 heteroatoms. The second kappa shape index (κ2) is 8.86.